The molecule has 0 rings (SSSR count). The molecule has 0 fully saturated rings. The zero-order valence-corrected chi connectivity index (χ0v) is 6.75. The van der Waals surface area contributed by atoms with Crippen molar-refractivity contribution in [3.63, 3.8) is 0 Å². The summed E-state index contributed by atoms with van der Waals surface area (Å²) in [6.07, 6.45) is 1.15. The third-order valence-electron chi connectivity index (χ3n) is 0.688. The zero-order chi connectivity index (χ0) is 7.49. The van der Waals surface area contributed by atoms with Crippen LogP contribution in [-0.4, -0.2) is 21.2 Å². The van der Waals surface area contributed by atoms with Gasteiger partial charge in [0.05, 0.1) is 6.26 Å². The lowest BCUT2D eigenvalue weighted by molar-refractivity contribution is 0.588. The SMILES string of the molecule is C[C](C)CNS(C)(=O)=O. The lowest BCUT2D eigenvalue weighted by Crippen LogP contribution is -2.25. The fourth-order valence-electron chi connectivity index (χ4n) is 0.275. The topological polar surface area (TPSA) is 46.2 Å². The van der Waals surface area contributed by atoms with E-state index >= 15 is 0 Å². The Morgan fingerprint density at radius 1 is 1.44 bits per heavy atom. The Kier molecular flexibility index (Phi) is 3.14. The van der Waals surface area contributed by atoms with E-state index in [9.17, 15) is 8.42 Å². The number of rotatable bonds is 3. The average molecular weight is 150 g/mol. The van der Waals surface area contributed by atoms with Gasteiger partial charge in [-0.3, -0.25) is 0 Å². The monoisotopic (exact) mass is 150 g/mol. The van der Waals surface area contributed by atoms with E-state index in [0.717, 1.165) is 12.2 Å². The molecule has 0 amide bonds. The quantitative estimate of drug-likeness (QED) is 0.622. The second-order valence-electron chi connectivity index (χ2n) is 2.30. The number of sulfonamides is 1. The number of hydrogen-bond donors (Lipinski definition) is 1. The van der Waals surface area contributed by atoms with Gasteiger partial charge in [0.15, 0.2) is 0 Å². The summed E-state index contributed by atoms with van der Waals surface area (Å²) in [4.78, 5) is 0. The summed E-state index contributed by atoms with van der Waals surface area (Å²) >= 11 is 0. The third-order valence-corrected chi connectivity index (χ3v) is 1.36. The number of nitrogens with one attached hydrogen (secondary N) is 1. The standard InChI is InChI=1S/C5H12NO2S/c1-5(2)4-6-9(3,7)8/h6H,4H2,1-3H3. The summed E-state index contributed by atoms with van der Waals surface area (Å²) < 4.78 is 23.2. The van der Waals surface area contributed by atoms with Crippen molar-refractivity contribution >= 4 is 10.0 Å². The Morgan fingerprint density at radius 2 is 1.89 bits per heavy atom. The van der Waals surface area contributed by atoms with Gasteiger partial charge in [0, 0.05) is 6.54 Å². The van der Waals surface area contributed by atoms with Gasteiger partial charge in [-0.25, -0.2) is 13.1 Å². The first-order valence-electron chi connectivity index (χ1n) is 2.65. The summed E-state index contributed by atoms with van der Waals surface area (Å²) in [7, 11) is -2.99. The van der Waals surface area contributed by atoms with Crippen LogP contribution in [0.15, 0.2) is 0 Å². The Morgan fingerprint density at radius 3 is 2.00 bits per heavy atom. The largest absolute Gasteiger partial charge is 0.215 e. The maximum absolute atomic E-state index is 10.4. The maximum Gasteiger partial charge on any atom is 0.208 e. The van der Waals surface area contributed by atoms with Crippen LogP contribution in [0.3, 0.4) is 0 Å². The summed E-state index contributed by atoms with van der Waals surface area (Å²) in [5, 5.41) is 0. The van der Waals surface area contributed by atoms with Crippen LogP contribution in [0.1, 0.15) is 13.8 Å². The van der Waals surface area contributed by atoms with Crippen LogP contribution in [0.4, 0.5) is 0 Å². The summed E-state index contributed by atoms with van der Waals surface area (Å²) in [5.74, 6) is 1.06. The molecule has 0 aromatic carbocycles. The minimum absolute atomic E-state index is 0.443. The summed E-state index contributed by atoms with van der Waals surface area (Å²) in [5.41, 5.74) is 0. The Labute approximate surface area is 56.5 Å². The van der Waals surface area contributed by atoms with Crippen molar-refractivity contribution in [1.29, 1.82) is 0 Å². The highest BCUT2D eigenvalue weighted by Gasteiger charge is 2.00. The normalized spacial score (nSPS) is 12.4. The van der Waals surface area contributed by atoms with Crippen LogP contribution in [-0.2, 0) is 10.0 Å². The molecular weight excluding hydrogens is 138 g/mol. The molecule has 0 aliphatic rings. The highest BCUT2D eigenvalue weighted by atomic mass is 32.2. The van der Waals surface area contributed by atoms with Gasteiger partial charge in [-0.1, -0.05) is 13.8 Å². The molecule has 0 aliphatic heterocycles. The molecule has 0 heterocycles. The molecule has 0 aromatic heterocycles. The zero-order valence-electron chi connectivity index (χ0n) is 5.93. The molecule has 9 heavy (non-hydrogen) atoms. The van der Waals surface area contributed by atoms with Crippen LogP contribution in [0.25, 0.3) is 0 Å². The third kappa shape index (κ3) is 7.91. The van der Waals surface area contributed by atoms with Crippen LogP contribution >= 0.6 is 0 Å². The van der Waals surface area contributed by atoms with Gasteiger partial charge in [0.1, 0.15) is 0 Å². The van der Waals surface area contributed by atoms with Crippen molar-refractivity contribution < 1.29 is 8.42 Å². The average Bonchev–Trinajstić information content (AvgIpc) is 1.59. The molecule has 0 atom stereocenters. The van der Waals surface area contributed by atoms with Gasteiger partial charge in [0.25, 0.3) is 0 Å². The molecular formula is C5H12NO2S. The van der Waals surface area contributed by atoms with Crippen molar-refractivity contribution in [2.75, 3.05) is 12.8 Å². The fourth-order valence-corrected chi connectivity index (χ4v) is 0.826. The lowest BCUT2D eigenvalue weighted by Gasteiger charge is -2.02. The van der Waals surface area contributed by atoms with Crippen LogP contribution in [0, 0.1) is 5.92 Å². The van der Waals surface area contributed by atoms with Crippen molar-refractivity contribution in [1.82, 2.24) is 4.72 Å². The van der Waals surface area contributed by atoms with Crippen molar-refractivity contribution in [2.45, 2.75) is 13.8 Å². The predicted molar refractivity (Wildman–Crippen MR) is 37.4 cm³/mol. The first kappa shape index (κ1) is 8.91. The summed E-state index contributed by atoms with van der Waals surface area (Å²) in [6.45, 7) is 4.19. The van der Waals surface area contributed by atoms with Crippen molar-refractivity contribution in [2.24, 2.45) is 0 Å². The predicted octanol–water partition coefficient (Wildman–Crippen LogP) is 0.150. The molecule has 1 radical (unpaired) electrons. The van der Waals surface area contributed by atoms with Crippen molar-refractivity contribution in [3.05, 3.63) is 5.92 Å². The smallest absolute Gasteiger partial charge is 0.208 e. The lowest BCUT2D eigenvalue weighted by atomic mass is 10.2. The molecule has 0 spiro atoms. The molecule has 0 aliphatic carbocycles. The Hall–Kier alpha value is -0.0900. The van der Waals surface area contributed by atoms with E-state index in [2.05, 4.69) is 4.72 Å². The van der Waals surface area contributed by atoms with Gasteiger partial charge in [-0.15, -0.1) is 0 Å². The minimum Gasteiger partial charge on any atom is -0.215 e. The van der Waals surface area contributed by atoms with Crippen LogP contribution in [0.2, 0.25) is 0 Å². The van der Waals surface area contributed by atoms with E-state index in [-0.39, 0.29) is 0 Å². The van der Waals surface area contributed by atoms with Crippen LogP contribution < -0.4 is 4.72 Å². The van der Waals surface area contributed by atoms with E-state index in [1.807, 2.05) is 13.8 Å². The molecule has 3 nitrogen and oxygen atoms in total. The van der Waals surface area contributed by atoms with Gasteiger partial charge in [-0.05, 0) is 5.92 Å². The second-order valence-corrected chi connectivity index (χ2v) is 4.13. The molecule has 0 saturated carbocycles. The van der Waals surface area contributed by atoms with Crippen LogP contribution in [0.5, 0.6) is 0 Å². The van der Waals surface area contributed by atoms with Gasteiger partial charge < -0.3 is 0 Å². The van der Waals surface area contributed by atoms with E-state index in [1.54, 1.807) is 0 Å². The van der Waals surface area contributed by atoms with Gasteiger partial charge in [0.2, 0.25) is 10.0 Å². The first-order chi connectivity index (χ1) is 3.92. The fraction of sp³-hybridized carbons (Fsp3) is 0.800. The molecule has 0 saturated heterocycles. The molecule has 0 unspecified atom stereocenters. The molecule has 0 bridgehead atoms. The highest BCUT2D eigenvalue weighted by molar-refractivity contribution is 7.88. The maximum atomic E-state index is 10.4. The highest BCUT2D eigenvalue weighted by Crippen LogP contribution is 1.90. The molecule has 1 N–H and O–H groups in total. The summed E-state index contributed by atoms with van der Waals surface area (Å²) in [6, 6.07) is 0. The van der Waals surface area contributed by atoms with Crippen molar-refractivity contribution in [3.8, 4) is 0 Å². The van der Waals surface area contributed by atoms with E-state index < -0.39 is 10.0 Å². The Balaban J connectivity index is 3.53. The van der Waals surface area contributed by atoms with E-state index in [0.29, 0.717) is 6.54 Å². The second kappa shape index (κ2) is 3.17. The van der Waals surface area contributed by atoms with Gasteiger partial charge >= 0.3 is 0 Å². The Bertz CT molecular complexity index is 160. The molecule has 4 heteroatoms. The minimum atomic E-state index is -2.99. The van der Waals surface area contributed by atoms with E-state index in [1.165, 1.54) is 0 Å². The van der Waals surface area contributed by atoms with E-state index in [4.69, 9.17) is 0 Å². The van der Waals surface area contributed by atoms with Gasteiger partial charge in [-0.2, -0.15) is 0 Å². The first-order valence-corrected chi connectivity index (χ1v) is 4.54. The number of hydrogen-bond acceptors (Lipinski definition) is 2. The molecule has 55 valence electrons. The molecule has 0 aromatic rings.